The van der Waals surface area contributed by atoms with E-state index < -0.39 is 118 Å². The van der Waals surface area contributed by atoms with Gasteiger partial charge in [-0.15, -0.1) is 0 Å². The third kappa shape index (κ3) is 9.71. The zero-order valence-electron chi connectivity index (χ0n) is 25.6. The molecule has 2 unspecified atom stereocenters. The topological polar surface area (TPSA) is 289 Å². The SMILES string of the molecule is CCCCCCCCCC(=O)N[C@H]1[C@H](OC2[C@@H](CO)O[C@@H](O)[C@H](N)[C@H]2O)O[C@H](CO)C(O[C@@H]2O[C@H](CO)[C@@H](O)[C@H](O)[C@H]2N)[C@@H]1O. The van der Waals surface area contributed by atoms with Gasteiger partial charge < -0.3 is 81.3 Å². The van der Waals surface area contributed by atoms with Gasteiger partial charge in [-0.2, -0.15) is 0 Å². The lowest BCUT2D eigenvalue weighted by Crippen LogP contribution is -2.70. The van der Waals surface area contributed by atoms with Gasteiger partial charge in [0.25, 0.3) is 0 Å². The Morgan fingerprint density at radius 3 is 1.82 bits per heavy atom. The van der Waals surface area contributed by atoms with Gasteiger partial charge in [-0.1, -0.05) is 45.4 Å². The molecule has 1 amide bonds. The smallest absolute Gasteiger partial charge is 0.220 e. The highest BCUT2D eigenvalue weighted by molar-refractivity contribution is 5.76. The van der Waals surface area contributed by atoms with Crippen molar-refractivity contribution in [3.05, 3.63) is 0 Å². The van der Waals surface area contributed by atoms with Crippen LogP contribution < -0.4 is 16.8 Å². The van der Waals surface area contributed by atoms with Gasteiger partial charge in [-0.05, 0) is 6.42 Å². The Morgan fingerprint density at radius 2 is 1.20 bits per heavy atom. The minimum Gasteiger partial charge on any atom is -0.394 e. The summed E-state index contributed by atoms with van der Waals surface area (Å²) in [6.07, 6.45) is -10.7. The standard InChI is InChI=1S/C28H53N3O14/c1-2-3-4-5-6-7-8-9-16(35)31-19-23(39)25(44-27-18(30)21(37)20(36)13(10-32)42-27)15(12-34)43-28(19)45-24-14(11-33)41-26(40)17(29)22(24)38/h13-15,17-28,32-34,36-40H,2-12,29-30H2,1H3,(H,31,35)/t13-,14-,15-,17-,18-,19-,20-,21-,22-,23-,24?,25?,26-,27+,28+/m1/s1. The molecule has 0 aromatic heterocycles. The van der Waals surface area contributed by atoms with E-state index in [2.05, 4.69) is 12.2 Å². The normalized spacial score (nSPS) is 42.4. The van der Waals surface area contributed by atoms with Crippen molar-refractivity contribution in [2.45, 2.75) is 150 Å². The Morgan fingerprint density at radius 1 is 0.667 bits per heavy atom. The fourth-order valence-corrected chi connectivity index (χ4v) is 5.81. The summed E-state index contributed by atoms with van der Waals surface area (Å²) < 4.78 is 28.5. The molecule has 264 valence electrons. The Kier molecular flexibility index (Phi) is 15.7. The van der Waals surface area contributed by atoms with Gasteiger partial charge >= 0.3 is 0 Å². The first kappa shape index (κ1) is 38.3. The first-order chi connectivity index (χ1) is 21.5. The molecule has 17 nitrogen and oxygen atoms in total. The first-order valence-electron chi connectivity index (χ1n) is 15.8. The van der Waals surface area contributed by atoms with Crippen LogP contribution in [0, 0.1) is 0 Å². The number of carbonyl (C=O) groups excluding carboxylic acids is 1. The molecule has 0 spiro atoms. The minimum absolute atomic E-state index is 0.114. The van der Waals surface area contributed by atoms with Crippen molar-refractivity contribution in [2.75, 3.05) is 19.8 Å². The molecule has 3 heterocycles. The molecule has 3 aliphatic rings. The molecule has 0 radical (unpaired) electrons. The molecule has 13 N–H and O–H groups in total. The average molecular weight is 656 g/mol. The Labute approximate surface area is 262 Å². The lowest BCUT2D eigenvalue weighted by atomic mass is 9.94. The monoisotopic (exact) mass is 655 g/mol. The average Bonchev–Trinajstić information content (AvgIpc) is 3.03. The Hall–Kier alpha value is -1.13. The van der Waals surface area contributed by atoms with Crippen molar-refractivity contribution in [2.24, 2.45) is 11.5 Å². The maximum Gasteiger partial charge on any atom is 0.220 e. The van der Waals surface area contributed by atoms with Gasteiger partial charge in [0, 0.05) is 6.42 Å². The number of rotatable bonds is 16. The van der Waals surface area contributed by atoms with E-state index in [0.717, 1.165) is 38.5 Å². The fraction of sp³-hybridized carbons (Fsp3) is 0.964. The molecule has 3 fully saturated rings. The van der Waals surface area contributed by atoms with E-state index in [9.17, 15) is 45.6 Å². The summed E-state index contributed by atoms with van der Waals surface area (Å²) in [5, 5.41) is 85.0. The van der Waals surface area contributed by atoms with Crippen molar-refractivity contribution in [3.8, 4) is 0 Å². The number of amides is 1. The second-order valence-electron chi connectivity index (χ2n) is 12.0. The molecule has 0 aliphatic carbocycles. The van der Waals surface area contributed by atoms with E-state index in [4.69, 9.17) is 35.2 Å². The molecule has 3 aliphatic heterocycles. The molecule has 15 atom stereocenters. The van der Waals surface area contributed by atoms with Gasteiger partial charge in [0.2, 0.25) is 5.91 Å². The van der Waals surface area contributed by atoms with Crippen LogP contribution in [0.4, 0.5) is 0 Å². The van der Waals surface area contributed by atoms with Crippen LogP contribution in [0.3, 0.4) is 0 Å². The predicted octanol–water partition coefficient (Wildman–Crippen LogP) is -4.38. The number of unbranched alkanes of at least 4 members (excludes halogenated alkanes) is 6. The molecule has 45 heavy (non-hydrogen) atoms. The molecule has 17 heteroatoms. The van der Waals surface area contributed by atoms with Gasteiger partial charge in [-0.3, -0.25) is 4.79 Å². The van der Waals surface area contributed by atoms with E-state index in [1.807, 2.05) is 0 Å². The predicted molar refractivity (Wildman–Crippen MR) is 154 cm³/mol. The van der Waals surface area contributed by atoms with Crippen LogP contribution in [-0.2, 0) is 28.5 Å². The zero-order valence-corrected chi connectivity index (χ0v) is 25.6. The van der Waals surface area contributed by atoms with Gasteiger partial charge in [0.15, 0.2) is 18.9 Å². The van der Waals surface area contributed by atoms with Crippen LogP contribution in [0.15, 0.2) is 0 Å². The van der Waals surface area contributed by atoms with Crippen LogP contribution in [-0.4, -0.2) is 159 Å². The molecule has 0 saturated carbocycles. The van der Waals surface area contributed by atoms with E-state index in [-0.39, 0.29) is 6.42 Å². The Bertz CT molecular complexity index is 874. The van der Waals surface area contributed by atoms with Crippen molar-refractivity contribution >= 4 is 5.91 Å². The van der Waals surface area contributed by atoms with E-state index in [1.165, 1.54) is 0 Å². The summed E-state index contributed by atoms with van der Waals surface area (Å²) in [4.78, 5) is 13.0. The molecule has 0 bridgehead atoms. The molecule has 0 aromatic rings. The van der Waals surface area contributed by atoms with Crippen molar-refractivity contribution < 1.29 is 69.3 Å². The second-order valence-corrected chi connectivity index (χ2v) is 12.0. The number of hydrogen-bond acceptors (Lipinski definition) is 16. The maximum absolute atomic E-state index is 13.0. The van der Waals surface area contributed by atoms with Crippen LogP contribution in [0.5, 0.6) is 0 Å². The number of aliphatic hydroxyl groups excluding tert-OH is 8. The highest BCUT2D eigenvalue weighted by Crippen LogP contribution is 2.32. The highest BCUT2D eigenvalue weighted by Gasteiger charge is 2.53. The zero-order chi connectivity index (χ0) is 33.3. The lowest BCUT2D eigenvalue weighted by Gasteiger charge is -2.49. The van der Waals surface area contributed by atoms with Gasteiger partial charge in [0.1, 0.15) is 61.0 Å². The highest BCUT2D eigenvalue weighted by atomic mass is 16.7. The molecular formula is C28H53N3O14. The van der Waals surface area contributed by atoms with E-state index >= 15 is 0 Å². The molecule has 0 aromatic carbocycles. The Balaban J connectivity index is 1.79. The number of nitrogens with two attached hydrogens (primary N) is 2. The van der Waals surface area contributed by atoms with Gasteiger partial charge in [-0.25, -0.2) is 0 Å². The van der Waals surface area contributed by atoms with Crippen molar-refractivity contribution in [1.29, 1.82) is 0 Å². The second kappa shape index (κ2) is 18.4. The van der Waals surface area contributed by atoms with Crippen LogP contribution in [0.2, 0.25) is 0 Å². The first-order valence-corrected chi connectivity index (χ1v) is 15.8. The maximum atomic E-state index is 13.0. The third-order valence-corrected chi connectivity index (χ3v) is 8.62. The summed E-state index contributed by atoms with van der Waals surface area (Å²) in [7, 11) is 0. The quantitative estimate of drug-likeness (QED) is 0.0700. The summed E-state index contributed by atoms with van der Waals surface area (Å²) in [6, 6.07) is -4.04. The third-order valence-electron chi connectivity index (χ3n) is 8.62. The molecule has 3 saturated heterocycles. The number of hydrogen-bond donors (Lipinski definition) is 11. The number of ether oxygens (including phenoxy) is 5. The lowest BCUT2D eigenvalue weighted by molar-refractivity contribution is -0.350. The largest absolute Gasteiger partial charge is 0.394 e. The summed E-state index contributed by atoms with van der Waals surface area (Å²) in [6.45, 7) is 0.00715. The van der Waals surface area contributed by atoms with Crippen LogP contribution >= 0.6 is 0 Å². The molecule has 3 rings (SSSR count). The number of nitrogens with one attached hydrogen (secondary N) is 1. The van der Waals surface area contributed by atoms with Crippen molar-refractivity contribution in [1.82, 2.24) is 5.32 Å². The molecular weight excluding hydrogens is 602 g/mol. The number of carbonyl (C=O) groups is 1. The van der Waals surface area contributed by atoms with Crippen LogP contribution in [0.25, 0.3) is 0 Å². The van der Waals surface area contributed by atoms with E-state index in [0.29, 0.717) is 6.42 Å². The summed E-state index contributed by atoms with van der Waals surface area (Å²) in [5.74, 6) is -0.457. The number of aliphatic hydroxyl groups is 8. The van der Waals surface area contributed by atoms with Crippen LogP contribution in [0.1, 0.15) is 58.3 Å². The van der Waals surface area contributed by atoms with E-state index in [1.54, 1.807) is 0 Å². The summed E-state index contributed by atoms with van der Waals surface area (Å²) >= 11 is 0. The van der Waals surface area contributed by atoms with Gasteiger partial charge in [0.05, 0.1) is 31.9 Å². The fourth-order valence-electron chi connectivity index (χ4n) is 5.81. The van der Waals surface area contributed by atoms with Crippen molar-refractivity contribution in [3.63, 3.8) is 0 Å². The summed E-state index contributed by atoms with van der Waals surface area (Å²) in [5.41, 5.74) is 11.8. The minimum atomic E-state index is -1.67.